The Labute approximate surface area is 177 Å². The predicted molar refractivity (Wildman–Crippen MR) is 116 cm³/mol. The first kappa shape index (κ1) is 21.8. The van der Waals surface area contributed by atoms with Gasteiger partial charge < -0.3 is 14.4 Å². The van der Waals surface area contributed by atoms with E-state index in [2.05, 4.69) is 33.6 Å². The molecule has 0 aliphatic carbocycles. The number of halogens is 1. The Hall–Kier alpha value is -2.91. The van der Waals surface area contributed by atoms with Crippen LogP contribution in [0, 0.1) is 18.2 Å². The van der Waals surface area contributed by atoms with Gasteiger partial charge in [0.15, 0.2) is 0 Å². The lowest BCUT2D eigenvalue weighted by atomic mass is 10.2. The summed E-state index contributed by atoms with van der Waals surface area (Å²) >= 11 is 0. The van der Waals surface area contributed by atoms with Crippen LogP contribution in [0.25, 0.3) is 0 Å². The lowest BCUT2D eigenvalue weighted by Crippen LogP contribution is -2.35. The fourth-order valence-electron chi connectivity index (χ4n) is 3.39. The van der Waals surface area contributed by atoms with Gasteiger partial charge in [-0.3, -0.25) is 4.90 Å². The van der Waals surface area contributed by atoms with Crippen LogP contribution in [-0.4, -0.2) is 40.4 Å². The number of terminal acetylenes is 1. The van der Waals surface area contributed by atoms with Crippen LogP contribution in [0.2, 0.25) is 0 Å². The topological polar surface area (TPSA) is 37.6 Å². The first-order valence-corrected chi connectivity index (χ1v) is 9.98. The molecule has 3 aromatic rings. The molecule has 0 aliphatic heterocycles. The average Bonchev–Trinajstić information content (AvgIpc) is 3.17. The molecule has 5 heteroatoms. The normalized spacial score (nSPS) is 12.1. The van der Waals surface area contributed by atoms with E-state index < -0.39 is 6.10 Å². The number of nitrogens with zero attached hydrogens (tertiary/aromatic N) is 2. The monoisotopic (exact) mass is 406 g/mol. The molecule has 0 radical (unpaired) electrons. The van der Waals surface area contributed by atoms with Crippen molar-refractivity contribution >= 4 is 0 Å². The van der Waals surface area contributed by atoms with Crippen LogP contribution in [0.4, 0.5) is 4.39 Å². The molecule has 0 saturated heterocycles. The molecule has 1 heterocycles. The molecule has 1 aromatic heterocycles. The molecule has 0 spiro atoms. The fraction of sp³-hybridized carbons (Fsp3) is 0.280. The maximum atomic E-state index is 13.2. The van der Waals surface area contributed by atoms with E-state index in [1.807, 2.05) is 30.5 Å². The van der Waals surface area contributed by atoms with E-state index in [0.29, 0.717) is 26.2 Å². The van der Waals surface area contributed by atoms with Crippen LogP contribution in [0.3, 0.4) is 0 Å². The molecule has 0 saturated carbocycles. The summed E-state index contributed by atoms with van der Waals surface area (Å²) in [6.45, 7) is 2.88. The number of aromatic nitrogens is 1. The molecule has 156 valence electrons. The highest BCUT2D eigenvalue weighted by Crippen LogP contribution is 2.14. The first-order chi connectivity index (χ1) is 14.6. The van der Waals surface area contributed by atoms with Gasteiger partial charge in [0.05, 0.1) is 12.7 Å². The number of rotatable bonds is 11. The van der Waals surface area contributed by atoms with Crippen molar-refractivity contribution in [2.45, 2.75) is 25.7 Å². The Morgan fingerprint density at radius 1 is 1.00 bits per heavy atom. The van der Waals surface area contributed by atoms with E-state index in [-0.39, 0.29) is 19.0 Å². The van der Waals surface area contributed by atoms with Gasteiger partial charge in [-0.15, -0.1) is 6.42 Å². The number of aliphatic hydroxyl groups excluding tert-OH is 1. The quantitative estimate of drug-likeness (QED) is 0.390. The highest BCUT2D eigenvalue weighted by atomic mass is 19.1. The minimum Gasteiger partial charge on any atom is -0.389 e. The van der Waals surface area contributed by atoms with E-state index in [9.17, 15) is 9.50 Å². The van der Waals surface area contributed by atoms with Crippen molar-refractivity contribution in [1.82, 2.24) is 9.47 Å². The molecule has 0 amide bonds. The summed E-state index contributed by atoms with van der Waals surface area (Å²) in [4.78, 5) is 2.19. The molecule has 0 unspecified atom stereocenters. The van der Waals surface area contributed by atoms with Crippen LogP contribution in [0.1, 0.15) is 16.8 Å². The van der Waals surface area contributed by atoms with Crippen LogP contribution in [0.5, 0.6) is 0 Å². The molecular formula is C25H27FN2O2. The van der Waals surface area contributed by atoms with Gasteiger partial charge in [-0.05, 0) is 35.4 Å². The molecule has 0 bridgehead atoms. The third kappa shape index (κ3) is 6.85. The van der Waals surface area contributed by atoms with Crippen molar-refractivity contribution in [3.63, 3.8) is 0 Å². The van der Waals surface area contributed by atoms with Gasteiger partial charge in [0.25, 0.3) is 0 Å². The lowest BCUT2D eigenvalue weighted by molar-refractivity contribution is 0.0239. The second-order valence-corrected chi connectivity index (χ2v) is 7.28. The molecular weight excluding hydrogens is 379 g/mol. The van der Waals surface area contributed by atoms with E-state index in [0.717, 1.165) is 11.3 Å². The number of hydrogen-bond donors (Lipinski definition) is 1. The van der Waals surface area contributed by atoms with Gasteiger partial charge in [-0.1, -0.05) is 48.4 Å². The lowest BCUT2D eigenvalue weighted by Gasteiger charge is -2.26. The second kappa shape index (κ2) is 11.3. The summed E-state index contributed by atoms with van der Waals surface area (Å²) in [6, 6.07) is 20.8. The summed E-state index contributed by atoms with van der Waals surface area (Å²) in [5, 5.41) is 10.4. The molecule has 1 atom stereocenters. The first-order valence-electron chi connectivity index (χ1n) is 9.98. The molecule has 1 N–H and O–H groups in total. The highest BCUT2D eigenvalue weighted by molar-refractivity contribution is 5.19. The average molecular weight is 407 g/mol. The van der Waals surface area contributed by atoms with Gasteiger partial charge in [-0.25, -0.2) is 4.39 Å². The smallest absolute Gasteiger partial charge is 0.123 e. The summed E-state index contributed by atoms with van der Waals surface area (Å²) in [6.07, 6.45) is 6.59. The Kier molecular flexibility index (Phi) is 8.22. The molecule has 30 heavy (non-hydrogen) atoms. The maximum Gasteiger partial charge on any atom is 0.123 e. The zero-order valence-corrected chi connectivity index (χ0v) is 17.0. The van der Waals surface area contributed by atoms with Crippen molar-refractivity contribution < 1.29 is 14.2 Å². The maximum absolute atomic E-state index is 13.2. The van der Waals surface area contributed by atoms with E-state index in [4.69, 9.17) is 11.2 Å². The standard InChI is InChI=1S/C25H27FN2O2/c1-2-15-30-20-25(29)19-27(16-21-7-4-3-5-8-21)18-24-9-6-14-28(24)17-22-10-12-23(26)13-11-22/h1,3-14,25,29H,15-20H2/t25-/m1/s1. The molecule has 0 fully saturated rings. The highest BCUT2D eigenvalue weighted by Gasteiger charge is 2.15. The Balaban J connectivity index is 1.70. The molecule has 2 aromatic carbocycles. The Morgan fingerprint density at radius 2 is 1.77 bits per heavy atom. The third-order valence-electron chi connectivity index (χ3n) is 4.79. The van der Waals surface area contributed by atoms with Gasteiger partial charge >= 0.3 is 0 Å². The minimum absolute atomic E-state index is 0.191. The molecule has 3 rings (SSSR count). The van der Waals surface area contributed by atoms with Crippen molar-refractivity contribution in [2.24, 2.45) is 0 Å². The summed E-state index contributed by atoms with van der Waals surface area (Å²) in [5.41, 5.74) is 3.32. The van der Waals surface area contributed by atoms with Gasteiger partial charge in [-0.2, -0.15) is 0 Å². The second-order valence-electron chi connectivity index (χ2n) is 7.28. The molecule has 0 aliphatic rings. The summed E-state index contributed by atoms with van der Waals surface area (Å²) in [7, 11) is 0. The van der Waals surface area contributed by atoms with Crippen LogP contribution in [-0.2, 0) is 24.4 Å². The predicted octanol–water partition coefficient (Wildman–Crippen LogP) is 3.69. The van der Waals surface area contributed by atoms with Crippen LogP contribution >= 0.6 is 0 Å². The summed E-state index contributed by atoms with van der Waals surface area (Å²) in [5.74, 6) is 2.18. The SMILES string of the molecule is C#CCOC[C@H](O)CN(Cc1ccccc1)Cc1cccn1Cc1ccc(F)cc1. The van der Waals surface area contributed by atoms with E-state index >= 15 is 0 Å². The Bertz CT molecular complexity index is 932. The van der Waals surface area contributed by atoms with Crippen molar-refractivity contribution in [2.75, 3.05) is 19.8 Å². The largest absolute Gasteiger partial charge is 0.389 e. The van der Waals surface area contributed by atoms with Gasteiger partial charge in [0, 0.05) is 38.1 Å². The van der Waals surface area contributed by atoms with E-state index in [1.54, 1.807) is 12.1 Å². The number of aliphatic hydroxyl groups is 1. The Morgan fingerprint density at radius 3 is 2.50 bits per heavy atom. The molecule has 4 nitrogen and oxygen atoms in total. The minimum atomic E-state index is -0.637. The zero-order chi connectivity index (χ0) is 21.2. The van der Waals surface area contributed by atoms with E-state index in [1.165, 1.54) is 17.7 Å². The number of benzene rings is 2. The van der Waals surface area contributed by atoms with Crippen molar-refractivity contribution in [1.29, 1.82) is 0 Å². The zero-order valence-electron chi connectivity index (χ0n) is 17.0. The summed E-state index contributed by atoms with van der Waals surface area (Å²) < 4.78 is 20.6. The fourth-order valence-corrected chi connectivity index (χ4v) is 3.39. The number of hydrogen-bond acceptors (Lipinski definition) is 3. The van der Waals surface area contributed by atoms with Gasteiger partial charge in [0.1, 0.15) is 12.4 Å². The van der Waals surface area contributed by atoms with Crippen LogP contribution in [0.15, 0.2) is 72.9 Å². The van der Waals surface area contributed by atoms with Gasteiger partial charge in [0.2, 0.25) is 0 Å². The third-order valence-corrected chi connectivity index (χ3v) is 4.79. The number of ether oxygens (including phenoxy) is 1. The van der Waals surface area contributed by atoms with Crippen LogP contribution < -0.4 is 0 Å². The van der Waals surface area contributed by atoms with Crippen molar-refractivity contribution in [3.05, 3.63) is 95.6 Å². The van der Waals surface area contributed by atoms with Crippen molar-refractivity contribution in [3.8, 4) is 12.3 Å².